The summed E-state index contributed by atoms with van der Waals surface area (Å²) in [4.78, 5) is 21.3. The Labute approximate surface area is 99.8 Å². The highest BCUT2D eigenvalue weighted by Gasteiger charge is 2.13. The van der Waals surface area contributed by atoms with Gasteiger partial charge in [-0.3, -0.25) is 4.79 Å². The fourth-order valence-corrected chi connectivity index (χ4v) is 1.53. The van der Waals surface area contributed by atoms with E-state index < -0.39 is 0 Å². The summed E-state index contributed by atoms with van der Waals surface area (Å²) in [6, 6.07) is 0. The molecule has 0 unspecified atom stereocenters. The number of halogens is 1. The maximum Gasteiger partial charge on any atom is 0.239 e. The van der Waals surface area contributed by atoms with Gasteiger partial charge in [-0.05, 0) is 13.8 Å². The Morgan fingerprint density at radius 1 is 1.44 bits per heavy atom. The predicted octanol–water partition coefficient (Wildman–Crippen LogP) is 0.929. The van der Waals surface area contributed by atoms with Crippen LogP contribution >= 0.6 is 11.6 Å². The fraction of sp³-hybridized carbons (Fsp3) is 0.500. The lowest BCUT2D eigenvalue weighted by atomic mass is 10.3. The van der Waals surface area contributed by atoms with Crippen LogP contribution in [0.4, 0.5) is 5.82 Å². The number of likely N-dealkylation sites (N-methyl/N-ethyl adjacent to an activating group) is 2. The number of aromatic nitrogens is 2. The Morgan fingerprint density at radius 2 is 2.06 bits per heavy atom. The van der Waals surface area contributed by atoms with Crippen molar-refractivity contribution in [3.05, 3.63) is 16.5 Å². The van der Waals surface area contributed by atoms with Gasteiger partial charge in [0.15, 0.2) is 0 Å². The molecule has 0 spiro atoms. The van der Waals surface area contributed by atoms with Crippen molar-refractivity contribution in [2.45, 2.75) is 13.8 Å². The quantitative estimate of drug-likeness (QED) is 0.802. The van der Waals surface area contributed by atoms with Gasteiger partial charge in [0.2, 0.25) is 5.91 Å². The zero-order chi connectivity index (χ0) is 12.3. The number of carbonyl (C=O) groups is 1. The second-order valence-electron chi connectivity index (χ2n) is 3.54. The first-order valence-corrected chi connectivity index (χ1v) is 5.26. The van der Waals surface area contributed by atoms with Crippen molar-refractivity contribution in [2.24, 2.45) is 0 Å². The summed E-state index contributed by atoms with van der Waals surface area (Å²) < 4.78 is 0. The molecular formula is C10H15ClN4O. The molecule has 1 heterocycles. The number of hydrogen-bond acceptors (Lipinski definition) is 4. The minimum Gasteiger partial charge on any atom is -0.358 e. The summed E-state index contributed by atoms with van der Waals surface area (Å²) in [7, 11) is 3.39. The van der Waals surface area contributed by atoms with Crippen molar-refractivity contribution in [2.75, 3.05) is 25.5 Å². The second kappa shape index (κ2) is 5.12. The highest BCUT2D eigenvalue weighted by Crippen LogP contribution is 2.21. The summed E-state index contributed by atoms with van der Waals surface area (Å²) in [5.74, 6) is 1.20. The van der Waals surface area contributed by atoms with Crippen LogP contribution in [0, 0.1) is 13.8 Å². The maximum atomic E-state index is 11.2. The first kappa shape index (κ1) is 12.7. The van der Waals surface area contributed by atoms with Crippen LogP contribution in [-0.4, -0.2) is 36.5 Å². The van der Waals surface area contributed by atoms with Crippen molar-refractivity contribution < 1.29 is 4.79 Å². The van der Waals surface area contributed by atoms with Crippen LogP contribution < -0.4 is 10.2 Å². The number of rotatable bonds is 3. The summed E-state index contributed by atoms with van der Waals surface area (Å²) in [5.41, 5.74) is 0.777. The highest BCUT2D eigenvalue weighted by molar-refractivity contribution is 6.30. The summed E-state index contributed by atoms with van der Waals surface area (Å²) in [6.45, 7) is 3.84. The molecule has 0 fully saturated rings. The summed E-state index contributed by atoms with van der Waals surface area (Å²) in [5, 5.41) is 2.98. The summed E-state index contributed by atoms with van der Waals surface area (Å²) in [6.07, 6.45) is 0. The fourth-order valence-electron chi connectivity index (χ4n) is 1.32. The molecule has 1 amide bonds. The van der Waals surface area contributed by atoms with E-state index in [9.17, 15) is 4.79 Å². The Kier molecular flexibility index (Phi) is 4.06. The van der Waals surface area contributed by atoms with E-state index in [2.05, 4.69) is 15.3 Å². The van der Waals surface area contributed by atoms with Crippen LogP contribution in [-0.2, 0) is 4.79 Å². The van der Waals surface area contributed by atoms with Gasteiger partial charge in [-0.25, -0.2) is 9.97 Å². The third-order valence-electron chi connectivity index (χ3n) is 2.19. The molecule has 0 aliphatic rings. The molecule has 1 aromatic heterocycles. The number of nitrogens with one attached hydrogen (secondary N) is 1. The lowest BCUT2D eigenvalue weighted by Gasteiger charge is -2.19. The molecule has 0 saturated heterocycles. The Hall–Kier alpha value is -1.36. The van der Waals surface area contributed by atoms with E-state index >= 15 is 0 Å². The van der Waals surface area contributed by atoms with Gasteiger partial charge in [-0.2, -0.15) is 0 Å². The van der Waals surface area contributed by atoms with Crippen LogP contribution in [0.15, 0.2) is 0 Å². The Balaban J connectivity index is 2.99. The topological polar surface area (TPSA) is 58.1 Å². The molecule has 0 aliphatic heterocycles. The molecule has 0 aliphatic carbocycles. The standard InChI is InChI=1S/C10H15ClN4O/c1-6-9(11)13-7(2)14-10(6)15(4)5-8(16)12-3/h5H2,1-4H3,(H,12,16). The lowest BCUT2D eigenvalue weighted by Crippen LogP contribution is -2.34. The van der Waals surface area contributed by atoms with E-state index in [0.29, 0.717) is 16.8 Å². The third kappa shape index (κ3) is 2.82. The minimum absolute atomic E-state index is 0.0747. The van der Waals surface area contributed by atoms with Gasteiger partial charge >= 0.3 is 0 Å². The van der Waals surface area contributed by atoms with E-state index in [1.54, 1.807) is 25.9 Å². The maximum absolute atomic E-state index is 11.2. The Bertz CT molecular complexity index is 408. The molecule has 1 aromatic rings. The molecule has 0 aromatic carbocycles. The number of amides is 1. The molecule has 1 rings (SSSR count). The average molecular weight is 243 g/mol. The predicted molar refractivity (Wildman–Crippen MR) is 63.9 cm³/mol. The van der Waals surface area contributed by atoms with Crippen LogP contribution in [0.3, 0.4) is 0 Å². The number of aryl methyl sites for hydroxylation is 1. The number of hydrogen-bond donors (Lipinski definition) is 1. The SMILES string of the molecule is CNC(=O)CN(C)c1nc(C)nc(Cl)c1C. The van der Waals surface area contributed by atoms with Crippen molar-refractivity contribution in [1.29, 1.82) is 0 Å². The molecule has 1 N–H and O–H groups in total. The third-order valence-corrected chi connectivity index (χ3v) is 2.56. The molecule has 6 heteroatoms. The number of nitrogens with zero attached hydrogens (tertiary/aromatic N) is 3. The van der Waals surface area contributed by atoms with Crippen LogP contribution in [0.5, 0.6) is 0 Å². The van der Waals surface area contributed by atoms with Gasteiger partial charge in [0.1, 0.15) is 16.8 Å². The molecule has 0 radical (unpaired) electrons. The Morgan fingerprint density at radius 3 is 2.62 bits per heavy atom. The molecular weight excluding hydrogens is 228 g/mol. The second-order valence-corrected chi connectivity index (χ2v) is 3.90. The van der Waals surface area contributed by atoms with E-state index in [0.717, 1.165) is 5.56 Å². The van der Waals surface area contributed by atoms with Crippen LogP contribution in [0.1, 0.15) is 11.4 Å². The van der Waals surface area contributed by atoms with Crippen molar-refractivity contribution in [3.63, 3.8) is 0 Å². The zero-order valence-electron chi connectivity index (χ0n) is 9.83. The van der Waals surface area contributed by atoms with Crippen molar-refractivity contribution in [1.82, 2.24) is 15.3 Å². The smallest absolute Gasteiger partial charge is 0.239 e. The molecule has 0 atom stereocenters. The normalized spacial score (nSPS) is 10.1. The molecule has 0 saturated carbocycles. The van der Waals surface area contributed by atoms with Crippen LogP contribution in [0.2, 0.25) is 5.15 Å². The van der Waals surface area contributed by atoms with Crippen molar-refractivity contribution in [3.8, 4) is 0 Å². The van der Waals surface area contributed by atoms with Gasteiger partial charge in [-0.1, -0.05) is 11.6 Å². The van der Waals surface area contributed by atoms with Gasteiger partial charge in [0, 0.05) is 19.7 Å². The van der Waals surface area contributed by atoms with Gasteiger partial charge in [0.05, 0.1) is 6.54 Å². The van der Waals surface area contributed by atoms with Crippen LogP contribution in [0.25, 0.3) is 0 Å². The average Bonchev–Trinajstić information content (AvgIpc) is 2.22. The van der Waals surface area contributed by atoms with Crippen molar-refractivity contribution >= 4 is 23.3 Å². The zero-order valence-corrected chi connectivity index (χ0v) is 10.6. The van der Waals surface area contributed by atoms with Gasteiger partial charge in [0.25, 0.3) is 0 Å². The van der Waals surface area contributed by atoms with E-state index in [4.69, 9.17) is 11.6 Å². The monoisotopic (exact) mass is 242 g/mol. The number of carbonyl (C=O) groups excluding carboxylic acids is 1. The lowest BCUT2D eigenvalue weighted by molar-refractivity contribution is -0.119. The minimum atomic E-state index is -0.0747. The van der Waals surface area contributed by atoms with Gasteiger partial charge in [-0.15, -0.1) is 0 Å². The highest BCUT2D eigenvalue weighted by atomic mass is 35.5. The molecule has 5 nitrogen and oxygen atoms in total. The molecule has 88 valence electrons. The largest absolute Gasteiger partial charge is 0.358 e. The van der Waals surface area contributed by atoms with E-state index in [1.165, 1.54) is 0 Å². The molecule has 0 bridgehead atoms. The molecule has 16 heavy (non-hydrogen) atoms. The first-order valence-electron chi connectivity index (χ1n) is 4.88. The number of anilines is 1. The first-order chi connectivity index (χ1) is 7.45. The van der Waals surface area contributed by atoms with Gasteiger partial charge < -0.3 is 10.2 Å². The van der Waals surface area contributed by atoms with E-state index in [1.807, 2.05) is 6.92 Å². The van der Waals surface area contributed by atoms with E-state index in [-0.39, 0.29) is 12.5 Å². The summed E-state index contributed by atoms with van der Waals surface area (Å²) >= 11 is 5.96.